The van der Waals surface area contributed by atoms with Gasteiger partial charge < -0.3 is 0 Å². The summed E-state index contributed by atoms with van der Waals surface area (Å²) in [7, 11) is 0. The summed E-state index contributed by atoms with van der Waals surface area (Å²) in [6.45, 7) is 18.3. The van der Waals surface area contributed by atoms with E-state index in [2.05, 4.69) is 70.4 Å². The standard InChI is InChI=1S/C22H46N2/c1-8-11-12-13-14-15-16-17-18-19-22(23(9-2)20(4)5)24(10-3)21(6)7/h18-22H,8-17H2,1-7H3. The van der Waals surface area contributed by atoms with Gasteiger partial charge in [-0.3, -0.25) is 9.80 Å². The van der Waals surface area contributed by atoms with E-state index in [0.717, 1.165) is 13.1 Å². The molecule has 0 bridgehead atoms. The molecule has 0 rings (SSSR count). The summed E-state index contributed by atoms with van der Waals surface area (Å²) in [6.07, 6.45) is 16.3. The Hall–Kier alpha value is -0.340. The quantitative estimate of drug-likeness (QED) is 0.192. The molecule has 0 saturated heterocycles. The molecule has 0 spiro atoms. The zero-order valence-electron chi connectivity index (χ0n) is 17.9. The van der Waals surface area contributed by atoms with E-state index in [1.165, 1.54) is 51.4 Å². The number of hydrogen-bond donors (Lipinski definition) is 0. The molecule has 144 valence electrons. The predicted octanol–water partition coefficient (Wildman–Crippen LogP) is 6.47. The fraction of sp³-hybridized carbons (Fsp3) is 0.909. The highest BCUT2D eigenvalue weighted by Crippen LogP contribution is 2.16. The summed E-state index contributed by atoms with van der Waals surface area (Å²) in [6, 6.07) is 1.16. The SMILES string of the molecule is CCCCCCCCCC=CC(N(CC)C(C)C)N(CC)C(C)C. The lowest BCUT2D eigenvalue weighted by molar-refractivity contribution is 0.0393. The minimum atomic E-state index is 0.435. The van der Waals surface area contributed by atoms with Gasteiger partial charge in [-0.25, -0.2) is 0 Å². The zero-order valence-corrected chi connectivity index (χ0v) is 17.9. The third kappa shape index (κ3) is 9.84. The normalized spacial score (nSPS) is 12.8. The summed E-state index contributed by atoms with van der Waals surface area (Å²) in [4.78, 5) is 5.20. The van der Waals surface area contributed by atoms with Crippen LogP contribution in [0.4, 0.5) is 0 Å². The van der Waals surface area contributed by atoms with Crippen molar-refractivity contribution in [3.8, 4) is 0 Å². The van der Waals surface area contributed by atoms with Crippen molar-refractivity contribution in [2.45, 2.75) is 118 Å². The summed E-state index contributed by atoms with van der Waals surface area (Å²) in [5.41, 5.74) is 0. The van der Waals surface area contributed by atoms with E-state index in [-0.39, 0.29) is 0 Å². The molecule has 0 aliphatic rings. The smallest absolute Gasteiger partial charge is 0.0819 e. The van der Waals surface area contributed by atoms with Gasteiger partial charge in [-0.05, 0) is 53.6 Å². The molecule has 0 radical (unpaired) electrons. The summed E-state index contributed by atoms with van der Waals surface area (Å²) in [5, 5.41) is 0. The van der Waals surface area contributed by atoms with E-state index in [1.807, 2.05) is 0 Å². The second-order valence-corrected chi connectivity index (χ2v) is 7.60. The Labute approximate surface area is 153 Å². The van der Waals surface area contributed by atoms with Gasteiger partial charge in [-0.15, -0.1) is 0 Å². The first-order chi connectivity index (χ1) is 11.5. The molecular weight excluding hydrogens is 292 g/mol. The van der Waals surface area contributed by atoms with Crippen molar-refractivity contribution in [2.24, 2.45) is 0 Å². The van der Waals surface area contributed by atoms with E-state index in [0.29, 0.717) is 18.2 Å². The Morgan fingerprint density at radius 1 is 0.667 bits per heavy atom. The Morgan fingerprint density at radius 2 is 1.12 bits per heavy atom. The first-order valence-electron chi connectivity index (χ1n) is 10.7. The fourth-order valence-corrected chi connectivity index (χ4v) is 3.56. The number of hydrogen-bond acceptors (Lipinski definition) is 2. The molecule has 0 aromatic carbocycles. The summed E-state index contributed by atoms with van der Waals surface area (Å²) < 4.78 is 0. The first-order valence-corrected chi connectivity index (χ1v) is 10.7. The molecule has 0 aromatic heterocycles. The van der Waals surface area contributed by atoms with Gasteiger partial charge in [0.05, 0.1) is 6.17 Å². The van der Waals surface area contributed by atoms with Crippen LogP contribution < -0.4 is 0 Å². The summed E-state index contributed by atoms with van der Waals surface area (Å²) >= 11 is 0. The molecule has 0 heterocycles. The maximum absolute atomic E-state index is 2.60. The van der Waals surface area contributed by atoms with Gasteiger partial charge in [0.2, 0.25) is 0 Å². The van der Waals surface area contributed by atoms with Gasteiger partial charge in [0.1, 0.15) is 0 Å². The van der Waals surface area contributed by atoms with E-state index in [1.54, 1.807) is 0 Å². The highest BCUT2D eigenvalue weighted by Gasteiger charge is 2.24. The van der Waals surface area contributed by atoms with Crippen LogP contribution in [0, 0.1) is 0 Å². The molecule has 0 atom stereocenters. The number of unbranched alkanes of at least 4 members (excludes halogenated alkanes) is 7. The Balaban J connectivity index is 4.44. The third-order valence-corrected chi connectivity index (χ3v) is 5.02. The molecule has 0 fully saturated rings. The van der Waals surface area contributed by atoms with Crippen LogP contribution in [0.5, 0.6) is 0 Å². The van der Waals surface area contributed by atoms with Crippen molar-refractivity contribution in [2.75, 3.05) is 13.1 Å². The Kier molecular flexibility index (Phi) is 14.7. The molecule has 0 amide bonds. The van der Waals surface area contributed by atoms with Gasteiger partial charge in [0.15, 0.2) is 0 Å². The molecule has 0 aliphatic heterocycles. The van der Waals surface area contributed by atoms with Gasteiger partial charge in [0, 0.05) is 12.1 Å². The Bertz CT molecular complexity index is 280. The molecule has 2 heteroatoms. The minimum absolute atomic E-state index is 0.435. The van der Waals surface area contributed by atoms with E-state index >= 15 is 0 Å². The van der Waals surface area contributed by atoms with Crippen LogP contribution in [0.25, 0.3) is 0 Å². The molecule has 24 heavy (non-hydrogen) atoms. The average molecular weight is 339 g/mol. The Morgan fingerprint density at radius 3 is 1.54 bits per heavy atom. The number of rotatable bonds is 15. The predicted molar refractivity (Wildman–Crippen MR) is 111 cm³/mol. The van der Waals surface area contributed by atoms with Gasteiger partial charge >= 0.3 is 0 Å². The molecular formula is C22H46N2. The molecule has 0 unspecified atom stereocenters. The van der Waals surface area contributed by atoms with Crippen LogP contribution in [0.15, 0.2) is 12.2 Å². The second-order valence-electron chi connectivity index (χ2n) is 7.60. The summed E-state index contributed by atoms with van der Waals surface area (Å²) in [5.74, 6) is 0. The van der Waals surface area contributed by atoms with Gasteiger partial charge in [-0.2, -0.15) is 0 Å². The van der Waals surface area contributed by atoms with Crippen molar-refractivity contribution in [1.82, 2.24) is 9.80 Å². The first kappa shape index (κ1) is 23.7. The number of allylic oxidation sites excluding steroid dienone is 1. The van der Waals surface area contributed by atoms with Crippen LogP contribution in [-0.4, -0.2) is 41.1 Å². The van der Waals surface area contributed by atoms with Crippen LogP contribution >= 0.6 is 0 Å². The van der Waals surface area contributed by atoms with Crippen LogP contribution in [0.1, 0.15) is 99.8 Å². The van der Waals surface area contributed by atoms with Crippen molar-refractivity contribution < 1.29 is 0 Å². The van der Waals surface area contributed by atoms with Crippen LogP contribution in [0.3, 0.4) is 0 Å². The number of nitrogens with zero attached hydrogens (tertiary/aromatic N) is 2. The number of likely N-dealkylation sites (N-methyl/N-ethyl adjacent to an activating group) is 2. The maximum Gasteiger partial charge on any atom is 0.0819 e. The molecule has 2 nitrogen and oxygen atoms in total. The topological polar surface area (TPSA) is 6.48 Å². The monoisotopic (exact) mass is 338 g/mol. The minimum Gasteiger partial charge on any atom is -0.282 e. The largest absolute Gasteiger partial charge is 0.282 e. The molecule has 0 aliphatic carbocycles. The van der Waals surface area contributed by atoms with Crippen molar-refractivity contribution in [3.05, 3.63) is 12.2 Å². The lowest BCUT2D eigenvalue weighted by Gasteiger charge is -2.41. The molecule has 0 N–H and O–H groups in total. The van der Waals surface area contributed by atoms with Gasteiger partial charge in [-0.1, -0.05) is 71.4 Å². The lowest BCUT2D eigenvalue weighted by atomic mass is 10.1. The maximum atomic E-state index is 2.60. The van der Waals surface area contributed by atoms with Crippen molar-refractivity contribution in [1.29, 1.82) is 0 Å². The van der Waals surface area contributed by atoms with Crippen LogP contribution in [0.2, 0.25) is 0 Å². The van der Waals surface area contributed by atoms with E-state index in [9.17, 15) is 0 Å². The third-order valence-electron chi connectivity index (χ3n) is 5.02. The molecule has 0 aromatic rings. The van der Waals surface area contributed by atoms with E-state index in [4.69, 9.17) is 0 Å². The van der Waals surface area contributed by atoms with Gasteiger partial charge in [0.25, 0.3) is 0 Å². The lowest BCUT2D eigenvalue weighted by Crippen LogP contribution is -2.52. The van der Waals surface area contributed by atoms with Crippen LogP contribution in [-0.2, 0) is 0 Å². The zero-order chi connectivity index (χ0) is 18.4. The highest BCUT2D eigenvalue weighted by molar-refractivity contribution is 4.96. The van der Waals surface area contributed by atoms with Crippen molar-refractivity contribution >= 4 is 0 Å². The second kappa shape index (κ2) is 15.0. The van der Waals surface area contributed by atoms with Crippen molar-refractivity contribution in [3.63, 3.8) is 0 Å². The highest BCUT2D eigenvalue weighted by atomic mass is 15.4. The molecule has 0 saturated carbocycles. The average Bonchev–Trinajstić information content (AvgIpc) is 2.53. The van der Waals surface area contributed by atoms with E-state index < -0.39 is 0 Å². The fourth-order valence-electron chi connectivity index (χ4n) is 3.56.